The maximum Gasteiger partial charge on any atom is 0.338 e. The Hall–Kier alpha value is -2.64. The molecule has 1 rings (SSSR count). The molecule has 0 saturated carbocycles. The molecule has 0 aliphatic rings. The molecule has 2 N–H and O–H groups in total. The summed E-state index contributed by atoms with van der Waals surface area (Å²) in [6.07, 6.45) is 1.28. The van der Waals surface area contributed by atoms with E-state index in [2.05, 4.69) is 9.72 Å². The van der Waals surface area contributed by atoms with Crippen molar-refractivity contribution in [2.45, 2.75) is 0 Å². The molecule has 0 aliphatic heterocycles. The summed E-state index contributed by atoms with van der Waals surface area (Å²) >= 11 is 0. The van der Waals surface area contributed by atoms with Gasteiger partial charge in [-0.3, -0.25) is 9.59 Å². The van der Waals surface area contributed by atoms with Crippen molar-refractivity contribution in [3.8, 4) is 0 Å². The third kappa shape index (κ3) is 4.26. The topological polar surface area (TPSA) is 117 Å². The molecule has 0 bridgehead atoms. The lowest BCUT2D eigenvalue weighted by Crippen LogP contribution is -2.35. The highest BCUT2D eigenvalue weighted by Gasteiger charge is 2.17. The fraction of sp³-hybridized carbons (Fsp3) is 0.273. The number of esters is 1. The van der Waals surface area contributed by atoms with E-state index in [0.29, 0.717) is 0 Å². The lowest BCUT2D eigenvalue weighted by atomic mass is 10.2. The van der Waals surface area contributed by atoms with Crippen LogP contribution in [-0.4, -0.2) is 53.3 Å². The maximum absolute atomic E-state index is 11.3. The predicted molar refractivity (Wildman–Crippen MR) is 63.1 cm³/mol. The van der Waals surface area contributed by atoms with Crippen molar-refractivity contribution in [1.29, 1.82) is 0 Å². The van der Waals surface area contributed by atoms with Crippen molar-refractivity contribution in [1.82, 2.24) is 4.98 Å². The first-order valence-corrected chi connectivity index (χ1v) is 5.17. The van der Waals surface area contributed by atoms with Gasteiger partial charge in [-0.05, 0) is 12.1 Å². The molecule has 0 unspecified atom stereocenters. The van der Waals surface area contributed by atoms with Crippen LogP contribution in [0.3, 0.4) is 0 Å². The van der Waals surface area contributed by atoms with E-state index in [-0.39, 0.29) is 11.4 Å². The van der Waals surface area contributed by atoms with Crippen molar-refractivity contribution in [2.75, 3.05) is 25.1 Å². The number of aliphatic carboxylic acids is 2. The van der Waals surface area contributed by atoms with Crippen LogP contribution in [0.5, 0.6) is 0 Å². The molecule has 0 spiro atoms. The van der Waals surface area contributed by atoms with E-state index in [1.807, 2.05) is 0 Å². The van der Waals surface area contributed by atoms with Gasteiger partial charge in [0, 0.05) is 6.20 Å². The smallest absolute Gasteiger partial charge is 0.338 e. The SMILES string of the molecule is COC(=O)c1ccnc(N(CC(=O)O)CC(=O)O)c1. The molecule has 102 valence electrons. The van der Waals surface area contributed by atoms with Crippen LogP contribution in [-0.2, 0) is 14.3 Å². The summed E-state index contributed by atoms with van der Waals surface area (Å²) in [5.74, 6) is -2.94. The zero-order valence-electron chi connectivity index (χ0n) is 10.1. The first-order valence-electron chi connectivity index (χ1n) is 5.17. The minimum Gasteiger partial charge on any atom is -0.480 e. The summed E-state index contributed by atoms with van der Waals surface area (Å²) in [4.78, 5) is 37.6. The minimum atomic E-state index is -1.20. The Balaban J connectivity index is 3.04. The molecule has 1 aromatic rings. The summed E-state index contributed by atoms with van der Waals surface area (Å²) in [7, 11) is 1.20. The fourth-order valence-electron chi connectivity index (χ4n) is 1.38. The van der Waals surface area contributed by atoms with E-state index >= 15 is 0 Å². The normalized spacial score (nSPS) is 9.74. The molecule has 19 heavy (non-hydrogen) atoms. The fourth-order valence-corrected chi connectivity index (χ4v) is 1.38. The summed E-state index contributed by atoms with van der Waals surface area (Å²) < 4.78 is 4.52. The van der Waals surface area contributed by atoms with Gasteiger partial charge in [-0.25, -0.2) is 9.78 Å². The second kappa shape index (κ2) is 6.34. The van der Waals surface area contributed by atoms with Crippen LogP contribution in [0.25, 0.3) is 0 Å². The Bertz CT molecular complexity index is 486. The van der Waals surface area contributed by atoms with Crippen LogP contribution in [0.2, 0.25) is 0 Å². The minimum absolute atomic E-state index is 0.0766. The van der Waals surface area contributed by atoms with Crippen molar-refractivity contribution in [3.63, 3.8) is 0 Å². The zero-order chi connectivity index (χ0) is 14.4. The molecule has 0 radical (unpaired) electrons. The number of ether oxygens (including phenoxy) is 1. The molecule has 8 heteroatoms. The van der Waals surface area contributed by atoms with Crippen molar-refractivity contribution < 1.29 is 29.3 Å². The molecule has 8 nitrogen and oxygen atoms in total. The highest BCUT2D eigenvalue weighted by molar-refractivity contribution is 5.90. The van der Waals surface area contributed by atoms with E-state index in [9.17, 15) is 14.4 Å². The van der Waals surface area contributed by atoms with Crippen LogP contribution in [0.1, 0.15) is 10.4 Å². The standard InChI is InChI=1S/C11H12N2O6/c1-19-11(18)7-2-3-12-8(4-7)13(5-9(14)15)6-10(16)17/h2-4H,5-6H2,1H3,(H,14,15)(H,16,17). The molecule has 1 heterocycles. The Morgan fingerprint density at radius 2 is 1.84 bits per heavy atom. The van der Waals surface area contributed by atoms with Gasteiger partial charge >= 0.3 is 17.9 Å². The number of hydrogen-bond acceptors (Lipinski definition) is 6. The van der Waals surface area contributed by atoms with Gasteiger partial charge in [0.1, 0.15) is 18.9 Å². The summed E-state index contributed by atoms with van der Waals surface area (Å²) in [5.41, 5.74) is 0.160. The van der Waals surface area contributed by atoms with Crippen molar-refractivity contribution in [2.24, 2.45) is 0 Å². The molecule has 0 amide bonds. The number of hydrogen-bond donors (Lipinski definition) is 2. The molecule has 1 aromatic heterocycles. The van der Waals surface area contributed by atoms with Crippen molar-refractivity contribution >= 4 is 23.7 Å². The quantitative estimate of drug-likeness (QED) is 0.684. The van der Waals surface area contributed by atoms with E-state index in [1.54, 1.807) is 0 Å². The van der Waals surface area contributed by atoms with E-state index in [0.717, 1.165) is 4.90 Å². The number of carbonyl (C=O) groups excluding carboxylic acids is 1. The highest BCUT2D eigenvalue weighted by Crippen LogP contribution is 2.13. The summed E-state index contributed by atoms with van der Waals surface area (Å²) in [6.45, 7) is -1.08. The second-order valence-electron chi connectivity index (χ2n) is 3.54. The summed E-state index contributed by atoms with van der Waals surface area (Å²) in [5, 5.41) is 17.5. The van der Waals surface area contributed by atoms with Gasteiger partial charge in [0.25, 0.3) is 0 Å². The zero-order valence-corrected chi connectivity index (χ0v) is 10.1. The second-order valence-corrected chi connectivity index (χ2v) is 3.54. The third-order valence-electron chi connectivity index (χ3n) is 2.14. The molecule has 0 aliphatic carbocycles. The maximum atomic E-state index is 11.3. The number of anilines is 1. The highest BCUT2D eigenvalue weighted by atomic mass is 16.5. The number of carboxylic acids is 2. The summed E-state index contributed by atoms with van der Waals surface area (Å²) in [6, 6.07) is 2.66. The lowest BCUT2D eigenvalue weighted by molar-refractivity contribution is -0.136. The van der Waals surface area contributed by atoms with Crippen LogP contribution in [0.4, 0.5) is 5.82 Å². The van der Waals surface area contributed by atoms with Crippen LogP contribution < -0.4 is 4.90 Å². The van der Waals surface area contributed by atoms with E-state index < -0.39 is 31.0 Å². The first-order chi connectivity index (χ1) is 8.93. The number of carboxylic acid groups (broad SMARTS) is 2. The molecular weight excluding hydrogens is 256 g/mol. The number of pyridine rings is 1. The van der Waals surface area contributed by atoms with Gasteiger partial charge in [0.15, 0.2) is 0 Å². The van der Waals surface area contributed by atoms with Crippen molar-refractivity contribution in [3.05, 3.63) is 23.9 Å². The molecule has 0 atom stereocenters. The van der Waals surface area contributed by atoms with E-state index in [4.69, 9.17) is 10.2 Å². The van der Waals surface area contributed by atoms with Crippen LogP contribution >= 0.6 is 0 Å². The largest absolute Gasteiger partial charge is 0.480 e. The van der Waals surface area contributed by atoms with Crippen LogP contribution in [0.15, 0.2) is 18.3 Å². The molecule has 0 aromatic carbocycles. The third-order valence-corrected chi connectivity index (χ3v) is 2.14. The number of methoxy groups -OCH3 is 1. The Morgan fingerprint density at radius 3 is 2.32 bits per heavy atom. The average Bonchev–Trinajstić information content (AvgIpc) is 2.36. The monoisotopic (exact) mass is 268 g/mol. The van der Waals surface area contributed by atoms with Gasteiger partial charge in [-0.15, -0.1) is 0 Å². The van der Waals surface area contributed by atoms with Gasteiger partial charge in [0.05, 0.1) is 12.7 Å². The predicted octanol–water partition coefficient (Wildman–Crippen LogP) is -0.156. The van der Waals surface area contributed by atoms with Gasteiger partial charge in [-0.2, -0.15) is 0 Å². The number of carbonyl (C=O) groups is 3. The molecule has 0 saturated heterocycles. The van der Waals surface area contributed by atoms with Gasteiger partial charge < -0.3 is 19.8 Å². The number of aromatic nitrogens is 1. The van der Waals surface area contributed by atoms with Gasteiger partial charge in [-0.1, -0.05) is 0 Å². The first kappa shape index (κ1) is 14.4. The lowest BCUT2D eigenvalue weighted by Gasteiger charge is -2.19. The van der Waals surface area contributed by atoms with E-state index in [1.165, 1.54) is 25.4 Å². The number of rotatable bonds is 6. The Kier molecular flexibility index (Phi) is 4.81. The number of nitrogens with zero attached hydrogens (tertiary/aromatic N) is 2. The average molecular weight is 268 g/mol. The molecule has 0 fully saturated rings. The Labute approximate surface area is 108 Å². The Morgan fingerprint density at radius 1 is 1.26 bits per heavy atom. The molecular formula is C11H12N2O6. The van der Waals surface area contributed by atoms with Crippen LogP contribution in [0, 0.1) is 0 Å². The van der Waals surface area contributed by atoms with Gasteiger partial charge in [0.2, 0.25) is 0 Å².